The van der Waals surface area contributed by atoms with Gasteiger partial charge in [-0.05, 0) is 42.9 Å². The number of hydrogen-bond acceptors (Lipinski definition) is 2. The molecule has 2 atom stereocenters. The van der Waals surface area contributed by atoms with Crippen LogP contribution in [0.4, 0.5) is 0 Å². The van der Waals surface area contributed by atoms with E-state index in [1.54, 1.807) is 0 Å². The third kappa shape index (κ3) is 2.85. The van der Waals surface area contributed by atoms with Gasteiger partial charge in [0.2, 0.25) is 0 Å². The highest BCUT2D eigenvalue weighted by Gasteiger charge is 2.41. The Kier molecular flexibility index (Phi) is 4.48. The minimum Gasteiger partial charge on any atom is -0.396 e. The standard InChI is InChI=1S/C15H29NO/c1-3-15(4-2)11-16(12-15)9-13-7-5-6-8-14(13)10-17/h13-14,17H,3-12H2,1-2H3. The number of aliphatic hydroxyl groups is 1. The van der Waals surface area contributed by atoms with Crippen LogP contribution in [0, 0.1) is 17.3 Å². The summed E-state index contributed by atoms with van der Waals surface area (Å²) in [5, 5.41) is 9.44. The number of rotatable bonds is 5. The fourth-order valence-electron chi connectivity index (χ4n) is 3.83. The summed E-state index contributed by atoms with van der Waals surface area (Å²) < 4.78 is 0. The van der Waals surface area contributed by atoms with Gasteiger partial charge in [0.15, 0.2) is 0 Å². The second-order valence-corrected chi connectivity index (χ2v) is 6.36. The van der Waals surface area contributed by atoms with Crippen molar-refractivity contribution in [2.24, 2.45) is 17.3 Å². The summed E-state index contributed by atoms with van der Waals surface area (Å²) in [5.74, 6) is 1.35. The van der Waals surface area contributed by atoms with Gasteiger partial charge in [0.1, 0.15) is 0 Å². The minimum absolute atomic E-state index is 0.408. The SMILES string of the molecule is CCC1(CC)CN(CC2CCCCC2CO)C1. The molecule has 0 aromatic rings. The predicted octanol–water partition coefficient (Wildman–Crippen LogP) is 2.91. The molecule has 1 aliphatic heterocycles. The van der Waals surface area contributed by atoms with Crippen molar-refractivity contribution in [3.63, 3.8) is 0 Å². The number of nitrogens with zero attached hydrogens (tertiary/aromatic N) is 1. The van der Waals surface area contributed by atoms with Gasteiger partial charge >= 0.3 is 0 Å². The molecule has 0 radical (unpaired) electrons. The molecule has 0 amide bonds. The smallest absolute Gasteiger partial charge is 0.0462 e. The summed E-state index contributed by atoms with van der Waals surface area (Å²) in [6.45, 7) is 8.91. The average molecular weight is 239 g/mol. The van der Waals surface area contributed by atoms with Gasteiger partial charge in [-0.1, -0.05) is 26.7 Å². The van der Waals surface area contributed by atoms with Gasteiger partial charge in [-0.3, -0.25) is 0 Å². The quantitative estimate of drug-likeness (QED) is 0.797. The molecule has 0 spiro atoms. The van der Waals surface area contributed by atoms with Crippen LogP contribution in [0.2, 0.25) is 0 Å². The summed E-state index contributed by atoms with van der Waals surface area (Å²) in [6, 6.07) is 0. The first kappa shape index (κ1) is 13.4. The predicted molar refractivity (Wildman–Crippen MR) is 72.0 cm³/mol. The molecule has 0 aromatic carbocycles. The molecule has 17 heavy (non-hydrogen) atoms. The van der Waals surface area contributed by atoms with Crippen molar-refractivity contribution in [3.8, 4) is 0 Å². The van der Waals surface area contributed by atoms with Crippen molar-refractivity contribution < 1.29 is 5.11 Å². The third-order valence-corrected chi connectivity index (χ3v) is 5.41. The van der Waals surface area contributed by atoms with Crippen LogP contribution in [0.15, 0.2) is 0 Å². The normalized spacial score (nSPS) is 33.4. The van der Waals surface area contributed by atoms with E-state index < -0.39 is 0 Å². The first-order chi connectivity index (χ1) is 8.23. The summed E-state index contributed by atoms with van der Waals surface area (Å²) >= 11 is 0. The zero-order valence-corrected chi connectivity index (χ0v) is 11.6. The van der Waals surface area contributed by atoms with Gasteiger partial charge < -0.3 is 10.0 Å². The summed E-state index contributed by atoms with van der Waals surface area (Å²) in [5.41, 5.74) is 0.628. The highest BCUT2D eigenvalue weighted by molar-refractivity contribution is 4.94. The first-order valence-electron chi connectivity index (χ1n) is 7.56. The monoisotopic (exact) mass is 239 g/mol. The fraction of sp³-hybridized carbons (Fsp3) is 1.00. The van der Waals surface area contributed by atoms with Crippen LogP contribution >= 0.6 is 0 Å². The zero-order chi connectivity index (χ0) is 12.3. The first-order valence-corrected chi connectivity index (χ1v) is 7.56. The second kappa shape index (κ2) is 5.71. The van der Waals surface area contributed by atoms with Gasteiger partial charge in [0, 0.05) is 26.2 Å². The van der Waals surface area contributed by atoms with Gasteiger partial charge in [-0.2, -0.15) is 0 Å². The largest absolute Gasteiger partial charge is 0.396 e. The molecule has 0 aromatic heterocycles. The van der Waals surface area contributed by atoms with Crippen molar-refractivity contribution in [2.75, 3.05) is 26.2 Å². The summed E-state index contributed by atoms with van der Waals surface area (Å²) in [4.78, 5) is 2.63. The summed E-state index contributed by atoms with van der Waals surface area (Å²) in [7, 11) is 0. The molecule has 0 bridgehead atoms. The van der Waals surface area contributed by atoms with Crippen LogP contribution in [-0.2, 0) is 0 Å². The lowest BCUT2D eigenvalue weighted by molar-refractivity contribution is -0.0302. The second-order valence-electron chi connectivity index (χ2n) is 6.36. The third-order valence-electron chi connectivity index (χ3n) is 5.41. The van der Waals surface area contributed by atoms with E-state index in [1.165, 1.54) is 58.2 Å². The Morgan fingerprint density at radius 3 is 2.18 bits per heavy atom. The van der Waals surface area contributed by atoms with E-state index in [0.29, 0.717) is 17.9 Å². The minimum atomic E-state index is 0.408. The van der Waals surface area contributed by atoms with Crippen LogP contribution in [-0.4, -0.2) is 36.2 Å². The van der Waals surface area contributed by atoms with Crippen molar-refractivity contribution in [3.05, 3.63) is 0 Å². The lowest BCUT2D eigenvalue weighted by Gasteiger charge is -2.52. The number of aliphatic hydroxyl groups excluding tert-OH is 1. The molecular weight excluding hydrogens is 210 g/mol. The molecule has 2 fully saturated rings. The molecule has 100 valence electrons. The van der Waals surface area contributed by atoms with Crippen LogP contribution in [0.3, 0.4) is 0 Å². The molecule has 1 N–H and O–H groups in total. The Hall–Kier alpha value is -0.0800. The van der Waals surface area contributed by atoms with Crippen LogP contribution in [0.5, 0.6) is 0 Å². The number of likely N-dealkylation sites (tertiary alicyclic amines) is 1. The molecule has 2 unspecified atom stereocenters. The van der Waals surface area contributed by atoms with Crippen LogP contribution < -0.4 is 0 Å². The topological polar surface area (TPSA) is 23.5 Å². The Balaban J connectivity index is 1.78. The van der Waals surface area contributed by atoms with E-state index in [0.717, 1.165) is 5.92 Å². The van der Waals surface area contributed by atoms with Gasteiger partial charge in [-0.15, -0.1) is 0 Å². The maximum atomic E-state index is 9.44. The molecule has 2 aliphatic rings. The summed E-state index contributed by atoms with van der Waals surface area (Å²) in [6.07, 6.45) is 7.95. The van der Waals surface area contributed by atoms with Crippen molar-refractivity contribution in [1.82, 2.24) is 4.90 Å². The Labute approximate surface area is 106 Å². The van der Waals surface area contributed by atoms with Gasteiger partial charge in [0.25, 0.3) is 0 Å². The molecule has 1 saturated heterocycles. The van der Waals surface area contributed by atoms with E-state index in [1.807, 2.05) is 0 Å². The molecule has 1 heterocycles. The Bertz CT molecular complexity index is 229. The molecular formula is C15H29NO. The lowest BCUT2D eigenvalue weighted by Crippen LogP contribution is -2.57. The van der Waals surface area contributed by atoms with E-state index in [9.17, 15) is 5.11 Å². The fourth-order valence-corrected chi connectivity index (χ4v) is 3.83. The molecule has 2 rings (SSSR count). The van der Waals surface area contributed by atoms with E-state index in [2.05, 4.69) is 18.7 Å². The zero-order valence-electron chi connectivity index (χ0n) is 11.6. The Morgan fingerprint density at radius 2 is 1.65 bits per heavy atom. The molecule has 1 saturated carbocycles. The maximum absolute atomic E-state index is 9.44. The lowest BCUT2D eigenvalue weighted by atomic mass is 9.73. The molecule has 2 nitrogen and oxygen atoms in total. The van der Waals surface area contributed by atoms with Gasteiger partial charge in [0.05, 0.1) is 0 Å². The van der Waals surface area contributed by atoms with Crippen molar-refractivity contribution >= 4 is 0 Å². The van der Waals surface area contributed by atoms with Crippen LogP contribution in [0.25, 0.3) is 0 Å². The maximum Gasteiger partial charge on any atom is 0.0462 e. The van der Waals surface area contributed by atoms with Crippen molar-refractivity contribution in [1.29, 1.82) is 0 Å². The highest BCUT2D eigenvalue weighted by Crippen LogP contribution is 2.39. The van der Waals surface area contributed by atoms with Crippen molar-refractivity contribution in [2.45, 2.75) is 52.4 Å². The van der Waals surface area contributed by atoms with E-state index in [4.69, 9.17) is 0 Å². The average Bonchev–Trinajstić information content (AvgIpc) is 2.34. The molecule has 1 aliphatic carbocycles. The Morgan fingerprint density at radius 1 is 1.06 bits per heavy atom. The molecule has 2 heteroatoms. The number of hydrogen-bond donors (Lipinski definition) is 1. The van der Waals surface area contributed by atoms with E-state index in [-0.39, 0.29) is 0 Å². The van der Waals surface area contributed by atoms with Crippen LogP contribution in [0.1, 0.15) is 52.4 Å². The van der Waals surface area contributed by atoms with Gasteiger partial charge in [-0.25, -0.2) is 0 Å². The highest BCUT2D eigenvalue weighted by atomic mass is 16.3. The van der Waals surface area contributed by atoms with E-state index >= 15 is 0 Å².